The van der Waals surface area contributed by atoms with Crippen LogP contribution in [0.15, 0.2) is 48.7 Å². The minimum absolute atomic E-state index is 0.107. The minimum Gasteiger partial charge on any atom is -0.336 e. The summed E-state index contributed by atoms with van der Waals surface area (Å²) >= 11 is 1.64. The highest BCUT2D eigenvalue weighted by atomic mass is 32.1. The Morgan fingerprint density at radius 2 is 1.97 bits per heavy atom. The molecule has 33 heavy (non-hydrogen) atoms. The molecule has 1 aliphatic heterocycles. The van der Waals surface area contributed by atoms with Crippen molar-refractivity contribution >= 4 is 45.7 Å². The fraction of sp³-hybridized carbons (Fsp3) is 0.250. The smallest absolute Gasteiger partial charge is 0.321 e. The van der Waals surface area contributed by atoms with Crippen LogP contribution in [0.1, 0.15) is 35.1 Å². The number of hydrogen-bond acceptors (Lipinski definition) is 5. The number of rotatable bonds is 5. The van der Waals surface area contributed by atoms with Crippen molar-refractivity contribution in [3.8, 4) is 10.6 Å². The van der Waals surface area contributed by atoms with Crippen LogP contribution in [0.25, 0.3) is 21.6 Å². The van der Waals surface area contributed by atoms with Crippen molar-refractivity contribution in [3.63, 3.8) is 0 Å². The van der Waals surface area contributed by atoms with Gasteiger partial charge in [-0.15, -0.1) is 11.3 Å². The molecular formula is C24H24N6O2S. The molecule has 5 rings (SSSR count). The predicted molar refractivity (Wildman–Crippen MR) is 131 cm³/mol. The zero-order valence-corrected chi connectivity index (χ0v) is 19.4. The van der Waals surface area contributed by atoms with Gasteiger partial charge in [0.05, 0.1) is 27.7 Å². The van der Waals surface area contributed by atoms with Gasteiger partial charge in [-0.1, -0.05) is 0 Å². The zero-order valence-electron chi connectivity index (χ0n) is 18.6. The fourth-order valence-corrected chi connectivity index (χ4v) is 4.75. The second-order valence-corrected chi connectivity index (χ2v) is 9.56. The number of carbonyl (C=O) groups is 2. The number of hydrogen-bond donors (Lipinski definition) is 2. The molecule has 4 heterocycles. The number of nitrogens with zero attached hydrogens (tertiary/aromatic N) is 4. The molecule has 8 nitrogen and oxygen atoms in total. The van der Waals surface area contributed by atoms with Gasteiger partial charge in [-0.25, -0.2) is 14.5 Å². The molecular weight excluding hydrogens is 436 g/mol. The van der Waals surface area contributed by atoms with Gasteiger partial charge in [0.2, 0.25) is 0 Å². The number of aryl methyl sites for hydroxylation is 1. The van der Waals surface area contributed by atoms with E-state index in [0.717, 1.165) is 16.3 Å². The van der Waals surface area contributed by atoms with Crippen molar-refractivity contribution in [2.75, 3.05) is 23.3 Å². The van der Waals surface area contributed by atoms with Crippen LogP contribution in [0.3, 0.4) is 0 Å². The number of amides is 3. The molecule has 3 aromatic heterocycles. The number of nitrogens with one attached hydrogen (secondary N) is 2. The van der Waals surface area contributed by atoms with Crippen LogP contribution in [0.5, 0.6) is 0 Å². The largest absolute Gasteiger partial charge is 0.336 e. The molecule has 2 N–H and O–H groups in total. The number of fused-ring (bicyclic) bond motifs is 1. The van der Waals surface area contributed by atoms with E-state index in [1.807, 2.05) is 55.8 Å². The summed E-state index contributed by atoms with van der Waals surface area (Å²) in [4.78, 5) is 33.9. The van der Waals surface area contributed by atoms with Crippen LogP contribution in [-0.4, -0.2) is 39.8 Å². The highest BCUT2D eigenvalue weighted by Crippen LogP contribution is 2.31. The van der Waals surface area contributed by atoms with E-state index in [4.69, 9.17) is 4.98 Å². The summed E-state index contributed by atoms with van der Waals surface area (Å²) in [5, 5.41) is 11.0. The Balaban J connectivity index is 1.49. The molecule has 168 valence electrons. The highest BCUT2D eigenvalue weighted by Gasteiger charge is 2.22. The molecule has 0 radical (unpaired) electrons. The van der Waals surface area contributed by atoms with Crippen LogP contribution < -0.4 is 15.5 Å². The van der Waals surface area contributed by atoms with Gasteiger partial charge in [0, 0.05) is 35.4 Å². The van der Waals surface area contributed by atoms with E-state index in [1.54, 1.807) is 34.6 Å². The monoisotopic (exact) mass is 460 g/mol. The summed E-state index contributed by atoms with van der Waals surface area (Å²) in [6, 6.07) is 13.2. The Bertz CT molecular complexity index is 1360. The molecule has 1 fully saturated rings. The lowest BCUT2D eigenvalue weighted by Crippen LogP contribution is -2.27. The minimum atomic E-state index is -0.230. The van der Waals surface area contributed by atoms with Crippen LogP contribution >= 0.6 is 11.3 Å². The summed E-state index contributed by atoms with van der Waals surface area (Å²) in [7, 11) is 0. The maximum atomic E-state index is 13.3. The lowest BCUT2D eigenvalue weighted by Gasteiger charge is -2.15. The molecule has 4 aromatic rings. The van der Waals surface area contributed by atoms with Crippen molar-refractivity contribution in [2.24, 2.45) is 0 Å². The molecule has 0 atom stereocenters. The number of aromatic nitrogens is 3. The van der Waals surface area contributed by atoms with Gasteiger partial charge in [-0.3, -0.25) is 9.69 Å². The number of benzene rings is 1. The quantitative estimate of drug-likeness (QED) is 0.446. The Kier molecular flexibility index (Phi) is 5.33. The van der Waals surface area contributed by atoms with Crippen molar-refractivity contribution in [1.82, 2.24) is 20.1 Å². The molecule has 3 amide bonds. The van der Waals surface area contributed by atoms with E-state index >= 15 is 0 Å². The van der Waals surface area contributed by atoms with Crippen LogP contribution in [0, 0.1) is 6.92 Å². The van der Waals surface area contributed by atoms with Gasteiger partial charge in [0.15, 0.2) is 5.65 Å². The zero-order chi connectivity index (χ0) is 23.1. The van der Waals surface area contributed by atoms with Crippen molar-refractivity contribution in [1.29, 1.82) is 0 Å². The highest BCUT2D eigenvalue weighted by molar-refractivity contribution is 7.15. The Morgan fingerprint density at radius 3 is 2.61 bits per heavy atom. The van der Waals surface area contributed by atoms with E-state index in [1.165, 1.54) is 4.88 Å². The lowest BCUT2D eigenvalue weighted by atomic mass is 10.1. The maximum absolute atomic E-state index is 13.3. The van der Waals surface area contributed by atoms with Crippen molar-refractivity contribution < 1.29 is 9.59 Å². The Hall–Kier alpha value is -3.72. The van der Waals surface area contributed by atoms with Crippen molar-refractivity contribution in [3.05, 3.63) is 59.1 Å². The standard InChI is InChI=1S/C24H24N6O2S/c1-14(2)30-22-19(13-26-30)18(12-20(28-22)21-9-4-15(3)33-21)23(31)27-16-5-7-17(8-6-16)29-11-10-25-24(29)32/h4-9,12-14H,10-11H2,1-3H3,(H,25,32)(H,27,31). The van der Waals surface area contributed by atoms with Gasteiger partial charge >= 0.3 is 6.03 Å². The molecule has 1 aromatic carbocycles. The van der Waals surface area contributed by atoms with Gasteiger partial charge < -0.3 is 10.6 Å². The third-order valence-electron chi connectivity index (χ3n) is 5.59. The second kappa shape index (κ2) is 8.32. The number of thiophene rings is 1. The van der Waals surface area contributed by atoms with E-state index in [-0.39, 0.29) is 18.0 Å². The molecule has 0 saturated carbocycles. The van der Waals surface area contributed by atoms with Gasteiger partial charge in [0.25, 0.3) is 5.91 Å². The predicted octanol–water partition coefficient (Wildman–Crippen LogP) is 4.83. The van der Waals surface area contributed by atoms with Gasteiger partial charge in [-0.2, -0.15) is 5.10 Å². The fourth-order valence-electron chi connectivity index (χ4n) is 3.92. The summed E-state index contributed by atoms with van der Waals surface area (Å²) in [5.74, 6) is -0.230. The van der Waals surface area contributed by atoms with E-state index < -0.39 is 0 Å². The third-order valence-corrected chi connectivity index (χ3v) is 6.61. The van der Waals surface area contributed by atoms with E-state index in [9.17, 15) is 9.59 Å². The van der Waals surface area contributed by atoms with Gasteiger partial charge in [0.1, 0.15) is 0 Å². The number of pyridine rings is 1. The molecule has 1 saturated heterocycles. The first-order valence-corrected chi connectivity index (χ1v) is 11.6. The van der Waals surface area contributed by atoms with E-state index in [2.05, 4.69) is 15.7 Å². The molecule has 1 aliphatic rings. The Labute approximate surface area is 195 Å². The molecule has 0 aliphatic carbocycles. The first-order chi connectivity index (χ1) is 15.9. The first kappa shape index (κ1) is 21.1. The molecule has 9 heteroatoms. The topological polar surface area (TPSA) is 92.2 Å². The lowest BCUT2D eigenvalue weighted by molar-refractivity contribution is 0.102. The normalized spacial score (nSPS) is 13.7. The van der Waals surface area contributed by atoms with Crippen LogP contribution in [0.2, 0.25) is 0 Å². The van der Waals surface area contributed by atoms with Crippen LogP contribution in [0.4, 0.5) is 16.2 Å². The summed E-state index contributed by atoms with van der Waals surface area (Å²) < 4.78 is 1.84. The Morgan fingerprint density at radius 1 is 1.18 bits per heavy atom. The summed E-state index contributed by atoms with van der Waals surface area (Å²) in [6.45, 7) is 7.39. The molecule has 0 bridgehead atoms. The van der Waals surface area contributed by atoms with Crippen molar-refractivity contribution in [2.45, 2.75) is 26.8 Å². The number of anilines is 2. The van der Waals surface area contributed by atoms with E-state index in [0.29, 0.717) is 35.4 Å². The van der Waals surface area contributed by atoms with Gasteiger partial charge in [-0.05, 0) is 63.2 Å². The third kappa shape index (κ3) is 3.95. The summed E-state index contributed by atoms with van der Waals surface area (Å²) in [5.41, 5.74) is 3.41. The number of carbonyl (C=O) groups excluding carboxylic acids is 2. The first-order valence-electron chi connectivity index (χ1n) is 10.8. The number of urea groups is 1. The average Bonchev–Trinajstić information content (AvgIpc) is 3.53. The molecule has 0 unspecified atom stereocenters. The maximum Gasteiger partial charge on any atom is 0.321 e. The molecule has 0 spiro atoms. The summed E-state index contributed by atoms with van der Waals surface area (Å²) in [6.07, 6.45) is 1.70. The van der Waals surface area contributed by atoms with Crippen LogP contribution in [-0.2, 0) is 0 Å². The SMILES string of the molecule is Cc1ccc(-c2cc(C(=O)Nc3ccc(N4CCNC4=O)cc3)c3cnn(C(C)C)c3n2)s1. The second-order valence-electron chi connectivity index (χ2n) is 8.27. The average molecular weight is 461 g/mol.